The molecule has 1 aliphatic heterocycles. The zero-order valence-corrected chi connectivity index (χ0v) is 18.8. The van der Waals surface area contributed by atoms with Crippen LogP contribution < -0.4 is 16.4 Å². The maximum absolute atomic E-state index is 12.4. The molecule has 2 aromatic rings. The van der Waals surface area contributed by atoms with Gasteiger partial charge in [0.15, 0.2) is 0 Å². The third-order valence-electron chi connectivity index (χ3n) is 5.60. The van der Waals surface area contributed by atoms with Gasteiger partial charge in [0.25, 0.3) is 0 Å². The molecule has 1 heterocycles. The second kappa shape index (κ2) is 11.0. The number of amides is 2. The highest BCUT2D eigenvalue weighted by Gasteiger charge is 2.19. The second-order valence-corrected chi connectivity index (χ2v) is 8.94. The van der Waals surface area contributed by atoms with E-state index < -0.39 is 0 Å². The molecule has 0 radical (unpaired) electrons. The van der Waals surface area contributed by atoms with Crippen LogP contribution in [0.25, 0.3) is 0 Å². The van der Waals surface area contributed by atoms with Crippen LogP contribution in [0.2, 0.25) is 10.0 Å². The van der Waals surface area contributed by atoms with Crippen molar-refractivity contribution in [2.45, 2.75) is 38.1 Å². The van der Waals surface area contributed by atoms with Crippen LogP contribution in [-0.4, -0.2) is 43.2 Å². The number of hydrogen-bond donors (Lipinski definition) is 3. The van der Waals surface area contributed by atoms with Crippen molar-refractivity contribution >= 4 is 34.9 Å². The van der Waals surface area contributed by atoms with Crippen molar-refractivity contribution in [1.29, 1.82) is 0 Å². The minimum absolute atomic E-state index is 0.231. The lowest BCUT2D eigenvalue weighted by Gasteiger charge is -2.31. The molecule has 0 aliphatic carbocycles. The lowest BCUT2D eigenvalue weighted by atomic mass is 9.94. The monoisotopic (exact) mass is 448 g/mol. The van der Waals surface area contributed by atoms with Crippen LogP contribution in [0.1, 0.15) is 36.3 Å². The number of likely N-dealkylation sites (tertiary alicyclic amines) is 1. The maximum Gasteiger partial charge on any atom is 0.319 e. The number of benzene rings is 2. The predicted octanol–water partition coefficient (Wildman–Crippen LogP) is 5.02. The van der Waals surface area contributed by atoms with E-state index in [9.17, 15) is 4.79 Å². The van der Waals surface area contributed by atoms with E-state index in [0.717, 1.165) is 38.9 Å². The molecule has 2 aromatic carbocycles. The summed E-state index contributed by atoms with van der Waals surface area (Å²) in [5.74, 6) is 0.231. The fourth-order valence-corrected chi connectivity index (χ4v) is 4.28. The van der Waals surface area contributed by atoms with E-state index in [1.54, 1.807) is 18.2 Å². The fraction of sp³-hybridized carbons (Fsp3) is 0.435. The third kappa shape index (κ3) is 7.17. The van der Waals surface area contributed by atoms with E-state index in [1.165, 1.54) is 11.1 Å². The molecule has 3 rings (SSSR count). The van der Waals surface area contributed by atoms with Crippen LogP contribution in [0.15, 0.2) is 42.5 Å². The lowest BCUT2D eigenvalue weighted by molar-refractivity contribution is 0.205. The van der Waals surface area contributed by atoms with Gasteiger partial charge in [0.2, 0.25) is 0 Å². The van der Waals surface area contributed by atoms with Gasteiger partial charge in [0.1, 0.15) is 0 Å². The summed E-state index contributed by atoms with van der Waals surface area (Å²) in [5, 5.41) is 6.78. The van der Waals surface area contributed by atoms with Gasteiger partial charge in [-0.15, -0.1) is 0 Å². The van der Waals surface area contributed by atoms with Crippen molar-refractivity contribution in [3.63, 3.8) is 0 Å². The molecule has 1 aliphatic rings. The van der Waals surface area contributed by atoms with E-state index in [-0.39, 0.29) is 11.9 Å². The smallest absolute Gasteiger partial charge is 0.319 e. The maximum atomic E-state index is 12.4. The van der Waals surface area contributed by atoms with Gasteiger partial charge < -0.3 is 21.3 Å². The lowest BCUT2D eigenvalue weighted by Crippen LogP contribution is -2.41. The molecular formula is C23H30Cl2N4O. The molecule has 5 nitrogen and oxygen atoms in total. The molecule has 2 amide bonds. The third-order valence-corrected chi connectivity index (χ3v) is 6.04. The number of aryl methyl sites for hydroxylation is 1. The Kier molecular flexibility index (Phi) is 8.40. The fourth-order valence-electron chi connectivity index (χ4n) is 3.76. The van der Waals surface area contributed by atoms with Crippen LogP contribution >= 0.6 is 23.2 Å². The van der Waals surface area contributed by atoms with E-state index >= 15 is 0 Å². The average molecular weight is 449 g/mol. The van der Waals surface area contributed by atoms with Gasteiger partial charge >= 0.3 is 6.03 Å². The highest BCUT2D eigenvalue weighted by atomic mass is 35.5. The first kappa shape index (κ1) is 22.9. The largest absolute Gasteiger partial charge is 0.337 e. The highest BCUT2D eigenvalue weighted by molar-refractivity contribution is 6.35. The van der Waals surface area contributed by atoms with Crippen molar-refractivity contribution < 1.29 is 4.79 Å². The predicted molar refractivity (Wildman–Crippen MR) is 126 cm³/mol. The molecule has 0 spiro atoms. The van der Waals surface area contributed by atoms with E-state index in [4.69, 9.17) is 28.9 Å². The Balaban J connectivity index is 1.58. The summed E-state index contributed by atoms with van der Waals surface area (Å²) in [7, 11) is 0. The first-order chi connectivity index (χ1) is 14.4. The Morgan fingerprint density at radius 2 is 1.77 bits per heavy atom. The van der Waals surface area contributed by atoms with Gasteiger partial charge in [-0.3, -0.25) is 0 Å². The van der Waals surface area contributed by atoms with Gasteiger partial charge in [-0.05, 0) is 69.6 Å². The van der Waals surface area contributed by atoms with Crippen molar-refractivity contribution in [3.8, 4) is 0 Å². The summed E-state index contributed by atoms with van der Waals surface area (Å²) in [6, 6.07) is 13.6. The van der Waals surface area contributed by atoms with Crippen LogP contribution in [0.5, 0.6) is 0 Å². The Morgan fingerprint density at radius 3 is 2.40 bits per heavy atom. The molecule has 0 saturated carbocycles. The number of halogens is 2. The molecule has 7 heteroatoms. The zero-order chi connectivity index (χ0) is 21.5. The van der Waals surface area contributed by atoms with Crippen molar-refractivity contribution in [1.82, 2.24) is 10.2 Å². The van der Waals surface area contributed by atoms with Crippen LogP contribution in [0.3, 0.4) is 0 Å². The molecule has 0 aromatic heterocycles. The molecule has 1 fully saturated rings. The van der Waals surface area contributed by atoms with Crippen LogP contribution in [-0.2, 0) is 0 Å². The Labute approximate surface area is 188 Å². The number of carbonyl (C=O) groups is 1. The number of piperidine rings is 1. The molecule has 1 saturated heterocycles. The number of nitrogens with two attached hydrogens (primary N) is 1. The Bertz CT molecular complexity index is 815. The molecule has 1 unspecified atom stereocenters. The molecule has 1 atom stereocenters. The summed E-state index contributed by atoms with van der Waals surface area (Å²) in [6.45, 7) is 5.73. The minimum Gasteiger partial charge on any atom is -0.337 e. The standard InChI is InChI=1S/C23H30Cl2N4O/c1-16-2-4-17(5-3-16)18(6-9-29-10-7-21(26)8-11-29)15-27-23(30)28-22-13-19(24)12-20(25)14-22/h2-5,12-14,18,21H,6-11,15,26H2,1H3,(H2,27,28,30). The summed E-state index contributed by atoms with van der Waals surface area (Å²) in [6.07, 6.45) is 3.08. The van der Waals surface area contributed by atoms with Gasteiger partial charge in [0.05, 0.1) is 0 Å². The van der Waals surface area contributed by atoms with Crippen molar-refractivity contribution in [2.24, 2.45) is 5.73 Å². The topological polar surface area (TPSA) is 70.4 Å². The molecule has 0 bridgehead atoms. The first-order valence-electron chi connectivity index (χ1n) is 10.4. The SMILES string of the molecule is Cc1ccc(C(CCN2CCC(N)CC2)CNC(=O)Nc2cc(Cl)cc(Cl)c2)cc1. The van der Waals surface area contributed by atoms with Crippen molar-refractivity contribution in [3.05, 3.63) is 63.6 Å². The minimum atomic E-state index is -0.269. The van der Waals surface area contributed by atoms with Crippen molar-refractivity contribution in [2.75, 3.05) is 31.5 Å². The average Bonchev–Trinajstić information content (AvgIpc) is 2.69. The van der Waals surface area contributed by atoms with Crippen LogP contribution in [0.4, 0.5) is 10.5 Å². The molecule has 30 heavy (non-hydrogen) atoms. The second-order valence-electron chi connectivity index (χ2n) is 8.07. The molecule has 162 valence electrons. The summed E-state index contributed by atoms with van der Waals surface area (Å²) >= 11 is 12.0. The number of rotatable bonds is 7. The van der Waals surface area contributed by atoms with Gasteiger partial charge in [-0.25, -0.2) is 4.79 Å². The van der Waals surface area contributed by atoms with Gasteiger partial charge in [-0.2, -0.15) is 0 Å². The summed E-state index contributed by atoms with van der Waals surface area (Å²) < 4.78 is 0. The first-order valence-corrected chi connectivity index (χ1v) is 11.2. The number of nitrogens with one attached hydrogen (secondary N) is 2. The normalized spacial score (nSPS) is 16.3. The summed E-state index contributed by atoms with van der Waals surface area (Å²) in [4.78, 5) is 14.9. The van der Waals surface area contributed by atoms with Gasteiger partial charge in [0, 0.05) is 34.2 Å². The number of urea groups is 1. The number of hydrogen-bond acceptors (Lipinski definition) is 3. The van der Waals surface area contributed by atoms with E-state index in [0.29, 0.717) is 28.3 Å². The van der Waals surface area contributed by atoms with E-state index in [2.05, 4.69) is 46.7 Å². The number of anilines is 1. The molecular weight excluding hydrogens is 419 g/mol. The van der Waals surface area contributed by atoms with Crippen LogP contribution in [0, 0.1) is 6.92 Å². The van der Waals surface area contributed by atoms with Gasteiger partial charge in [-0.1, -0.05) is 53.0 Å². The zero-order valence-electron chi connectivity index (χ0n) is 17.3. The quantitative estimate of drug-likeness (QED) is 0.556. The Hall–Kier alpha value is -1.79. The summed E-state index contributed by atoms with van der Waals surface area (Å²) in [5.41, 5.74) is 9.06. The number of carbonyl (C=O) groups excluding carboxylic acids is 1. The Morgan fingerprint density at radius 1 is 1.13 bits per heavy atom. The molecule has 4 N–H and O–H groups in total. The number of nitrogens with zero attached hydrogens (tertiary/aromatic N) is 1. The highest BCUT2D eigenvalue weighted by Crippen LogP contribution is 2.23. The van der Waals surface area contributed by atoms with E-state index in [1.807, 2.05) is 0 Å².